The molecular weight excluding hydrogens is 379 g/mol. The number of halogens is 1. The van der Waals surface area contributed by atoms with Gasteiger partial charge in [0.25, 0.3) is 17.7 Å². The van der Waals surface area contributed by atoms with E-state index in [1.807, 2.05) is 0 Å². The highest BCUT2D eigenvalue weighted by atomic mass is 32.3. The normalized spacial score (nSPS) is 22.8. The average molecular weight is 396 g/mol. The largest absolute Gasteiger partial charge is 0.488 e. The molecule has 0 atom stereocenters. The van der Waals surface area contributed by atoms with Gasteiger partial charge >= 0.3 is 10.5 Å². The number of carbonyl (C=O) groups excluding carboxylic acids is 3. The van der Waals surface area contributed by atoms with Crippen LogP contribution in [0.4, 0.5) is 3.89 Å². The van der Waals surface area contributed by atoms with Gasteiger partial charge in [0, 0.05) is 29.8 Å². The summed E-state index contributed by atoms with van der Waals surface area (Å²) in [6, 6.07) is 4.85. The van der Waals surface area contributed by atoms with Crippen molar-refractivity contribution in [3.63, 3.8) is 0 Å². The van der Waals surface area contributed by atoms with E-state index >= 15 is 0 Å². The summed E-state index contributed by atoms with van der Waals surface area (Å²) in [4.78, 5) is 37.0. The molecule has 3 amide bonds. The smallest absolute Gasteiger partial charge is 0.358 e. The first kappa shape index (κ1) is 19.0. The van der Waals surface area contributed by atoms with E-state index in [0.29, 0.717) is 25.7 Å². The van der Waals surface area contributed by atoms with Crippen molar-refractivity contribution in [2.75, 3.05) is 0 Å². The van der Waals surface area contributed by atoms with E-state index in [4.69, 9.17) is 0 Å². The lowest BCUT2D eigenvalue weighted by atomic mass is 9.90. The summed E-state index contributed by atoms with van der Waals surface area (Å²) < 4.78 is 37.8. The number of nitrogens with one attached hydrogen (secondary N) is 1. The minimum Gasteiger partial charge on any atom is -0.358 e. The zero-order valence-corrected chi connectivity index (χ0v) is 14.9. The third-order valence-corrected chi connectivity index (χ3v) is 4.92. The van der Waals surface area contributed by atoms with Crippen LogP contribution in [0.5, 0.6) is 5.75 Å². The molecule has 2 aliphatic rings. The molecule has 0 saturated heterocycles. The van der Waals surface area contributed by atoms with Crippen molar-refractivity contribution in [2.24, 2.45) is 0 Å². The molecule has 0 bridgehead atoms. The fourth-order valence-corrected chi connectivity index (χ4v) is 3.66. The van der Waals surface area contributed by atoms with Crippen molar-refractivity contribution >= 4 is 28.2 Å². The Balaban J connectivity index is 1.56. The van der Waals surface area contributed by atoms with Gasteiger partial charge in [0.15, 0.2) is 0 Å². The number of carbonyl (C=O) groups is 3. The van der Waals surface area contributed by atoms with Gasteiger partial charge in [-0.1, -0.05) is 9.95 Å². The van der Waals surface area contributed by atoms with Crippen LogP contribution in [-0.4, -0.2) is 43.1 Å². The van der Waals surface area contributed by atoms with Crippen LogP contribution in [0.3, 0.4) is 0 Å². The number of benzene rings is 1. The SMILES string of the molecule is O=C(NC1CCC(N2C(=O)C=CC2=O)CC1)c1cccc(OS(=O)(=O)F)c1. The maximum absolute atomic E-state index is 12.6. The highest BCUT2D eigenvalue weighted by Gasteiger charge is 2.34. The Labute approximate surface area is 155 Å². The molecule has 1 aliphatic heterocycles. The third kappa shape index (κ3) is 4.70. The Morgan fingerprint density at radius 2 is 1.74 bits per heavy atom. The lowest BCUT2D eigenvalue weighted by Crippen LogP contribution is -2.46. The number of hydrogen-bond donors (Lipinski definition) is 1. The molecule has 10 heteroatoms. The van der Waals surface area contributed by atoms with Crippen molar-refractivity contribution < 1.29 is 30.9 Å². The van der Waals surface area contributed by atoms with Crippen molar-refractivity contribution in [2.45, 2.75) is 37.8 Å². The molecule has 27 heavy (non-hydrogen) atoms. The maximum Gasteiger partial charge on any atom is 0.488 e. The summed E-state index contributed by atoms with van der Waals surface area (Å²) in [5.74, 6) is -1.37. The Hall–Kier alpha value is -2.75. The zero-order valence-electron chi connectivity index (χ0n) is 14.1. The lowest BCUT2D eigenvalue weighted by Gasteiger charge is -2.33. The van der Waals surface area contributed by atoms with Gasteiger partial charge in [-0.05, 0) is 43.9 Å². The molecule has 1 aromatic carbocycles. The summed E-state index contributed by atoms with van der Waals surface area (Å²) in [6.45, 7) is 0. The average Bonchev–Trinajstić information content (AvgIpc) is 2.93. The number of nitrogens with zero attached hydrogens (tertiary/aromatic N) is 1. The molecule has 1 aromatic rings. The summed E-state index contributed by atoms with van der Waals surface area (Å²) in [5.41, 5.74) is 0.132. The fraction of sp³-hybridized carbons (Fsp3) is 0.353. The first-order valence-corrected chi connectivity index (χ1v) is 9.64. The number of imide groups is 1. The minimum atomic E-state index is -5.17. The van der Waals surface area contributed by atoms with E-state index in [1.165, 1.54) is 35.3 Å². The number of rotatable bonds is 5. The molecular formula is C17H17FN2O6S. The van der Waals surface area contributed by atoms with Crippen LogP contribution >= 0.6 is 0 Å². The molecule has 1 saturated carbocycles. The number of hydrogen-bond acceptors (Lipinski definition) is 6. The van der Waals surface area contributed by atoms with Gasteiger partial charge in [-0.15, -0.1) is 0 Å². The predicted molar refractivity (Wildman–Crippen MR) is 91.6 cm³/mol. The molecule has 0 aromatic heterocycles. The summed E-state index contributed by atoms with van der Waals surface area (Å²) in [7, 11) is -5.17. The van der Waals surface area contributed by atoms with Gasteiger partial charge in [0.05, 0.1) is 0 Å². The predicted octanol–water partition coefficient (Wildman–Crippen LogP) is 1.25. The number of amides is 3. The van der Waals surface area contributed by atoms with Crippen LogP contribution in [0.15, 0.2) is 36.4 Å². The molecule has 0 spiro atoms. The molecule has 8 nitrogen and oxygen atoms in total. The lowest BCUT2D eigenvalue weighted by molar-refractivity contribution is -0.140. The Bertz CT molecular complexity index is 888. The zero-order chi connectivity index (χ0) is 19.6. The topological polar surface area (TPSA) is 110 Å². The van der Waals surface area contributed by atoms with Gasteiger partial charge in [-0.25, -0.2) is 0 Å². The Morgan fingerprint density at radius 1 is 1.11 bits per heavy atom. The van der Waals surface area contributed by atoms with Crippen molar-refractivity contribution in [3.05, 3.63) is 42.0 Å². The summed E-state index contributed by atoms with van der Waals surface area (Å²) >= 11 is 0. The van der Waals surface area contributed by atoms with Crippen LogP contribution in [0.1, 0.15) is 36.0 Å². The Kier molecular flexibility index (Phi) is 5.26. The molecule has 144 valence electrons. The Morgan fingerprint density at radius 3 is 2.33 bits per heavy atom. The second kappa shape index (κ2) is 7.47. The first-order valence-electron chi connectivity index (χ1n) is 8.33. The minimum absolute atomic E-state index is 0.132. The van der Waals surface area contributed by atoms with E-state index in [1.54, 1.807) is 0 Å². The molecule has 1 N–H and O–H groups in total. The second-order valence-corrected chi connectivity index (χ2v) is 7.32. The van der Waals surface area contributed by atoms with Crippen LogP contribution < -0.4 is 9.50 Å². The van der Waals surface area contributed by atoms with E-state index in [0.717, 1.165) is 6.07 Å². The third-order valence-electron chi connectivity index (χ3n) is 4.53. The molecule has 0 radical (unpaired) electrons. The van der Waals surface area contributed by atoms with Crippen molar-refractivity contribution in [3.8, 4) is 5.75 Å². The van der Waals surface area contributed by atoms with Crippen molar-refractivity contribution in [1.29, 1.82) is 0 Å². The quantitative estimate of drug-likeness (QED) is 0.592. The standard InChI is InChI=1S/C17H17FN2O6S/c18-27(24,25)26-14-3-1-2-11(10-14)17(23)19-12-4-6-13(7-5-12)20-15(21)8-9-16(20)22/h1-3,8-10,12-13H,4-7H2,(H,19,23). The summed E-state index contributed by atoms with van der Waals surface area (Å²) in [6.07, 6.45) is 4.83. The van der Waals surface area contributed by atoms with Gasteiger partial charge in [0.1, 0.15) is 5.75 Å². The van der Waals surface area contributed by atoms with Crippen LogP contribution in [0, 0.1) is 0 Å². The van der Waals surface area contributed by atoms with Crippen LogP contribution in [0.25, 0.3) is 0 Å². The van der Waals surface area contributed by atoms with Crippen LogP contribution in [0.2, 0.25) is 0 Å². The van der Waals surface area contributed by atoms with Gasteiger partial charge in [0.2, 0.25) is 0 Å². The molecule has 1 fully saturated rings. The highest BCUT2D eigenvalue weighted by Crippen LogP contribution is 2.26. The summed E-state index contributed by atoms with van der Waals surface area (Å²) in [5, 5.41) is 2.82. The fourth-order valence-electron chi connectivity index (χ4n) is 3.32. The monoisotopic (exact) mass is 396 g/mol. The van der Waals surface area contributed by atoms with E-state index in [9.17, 15) is 26.7 Å². The molecule has 0 unspecified atom stereocenters. The van der Waals surface area contributed by atoms with Crippen LogP contribution in [-0.2, 0) is 20.1 Å². The van der Waals surface area contributed by atoms with E-state index < -0.39 is 16.4 Å². The van der Waals surface area contributed by atoms with E-state index in [2.05, 4.69) is 9.50 Å². The van der Waals surface area contributed by atoms with Gasteiger partial charge in [-0.3, -0.25) is 19.3 Å². The van der Waals surface area contributed by atoms with E-state index in [-0.39, 0.29) is 35.2 Å². The molecule has 1 aliphatic carbocycles. The van der Waals surface area contributed by atoms with Gasteiger partial charge < -0.3 is 9.50 Å². The highest BCUT2D eigenvalue weighted by molar-refractivity contribution is 7.81. The molecule has 1 heterocycles. The maximum atomic E-state index is 12.6. The molecule has 3 rings (SSSR count). The van der Waals surface area contributed by atoms with Gasteiger partial charge in [-0.2, -0.15) is 8.42 Å². The second-order valence-electron chi connectivity index (χ2n) is 6.36. The first-order chi connectivity index (χ1) is 12.7. The van der Waals surface area contributed by atoms with Crippen molar-refractivity contribution in [1.82, 2.24) is 10.2 Å².